The van der Waals surface area contributed by atoms with Gasteiger partial charge in [0.2, 0.25) is 11.3 Å². The highest BCUT2D eigenvalue weighted by Crippen LogP contribution is 2.30. The lowest BCUT2D eigenvalue weighted by Crippen LogP contribution is -2.47. The number of nitrogens with zero attached hydrogens (tertiary/aromatic N) is 3. The quantitative estimate of drug-likeness (QED) is 0.338. The minimum absolute atomic E-state index is 0.0769. The van der Waals surface area contributed by atoms with Crippen molar-refractivity contribution in [2.75, 3.05) is 37.7 Å². The van der Waals surface area contributed by atoms with Crippen LogP contribution in [-0.2, 0) is 11.3 Å². The third-order valence-electron chi connectivity index (χ3n) is 3.44. The number of rotatable bonds is 5. The fourth-order valence-electron chi connectivity index (χ4n) is 2.29. The lowest BCUT2D eigenvalue weighted by atomic mass is 10.1. The van der Waals surface area contributed by atoms with Gasteiger partial charge in [0, 0.05) is 37.8 Å². The number of aliphatic hydroxyl groups excluding tert-OH is 1. The summed E-state index contributed by atoms with van der Waals surface area (Å²) in [5.74, 6) is -0.588. The van der Waals surface area contributed by atoms with Crippen LogP contribution in [0.2, 0.25) is 0 Å². The van der Waals surface area contributed by atoms with E-state index in [4.69, 9.17) is 9.66 Å². The van der Waals surface area contributed by atoms with Gasteiger partial charge in [0.25, 0.3) is 5.69 Å². The third-order valence-corrected chi connectivity index (χ3v) is 4.24. The molecular weight excluding hydrogens is 314 g/mol. The lowest BCUT2D eigenvalue weighted by Gasteiger charge is -2.33. The summed E-state index contributed by atoms with van der Waals surface area (Å²) in [6.07, 6.45) is 0. The molecule has 9 nitrogen and oxygen atoms in total. The van der Waals surface area contributed by atoms with Crippen molar-refractivity contribution in [3.63, 3.8) is 0 Å². The second-order valence-electron chi connectivity index (χ2n) is 4.69. The van der Waals surface area contributed by atoms with Gasteiger partial charge in [-0.15, -0.1) is 0 Å². The van der Waals surface area contributed by atoms with Crippen molar-refractivity contribution in [1.29, 1.82) is 0 Å². The summed E-state index contributed by atoms with van der Waals surface area (Å²) in [6, 6.07) is 4.04. The van der Waals surface area contributed by atoms with E-state index < -0.39 is 28.6 Å². The smallest absolute Gasteiger partial charge is 0.293 e. The van der Waals surface area contributed by atoms with Gasteiger partial charge in [0.1, 0.15) is 12.3 Å². The fraction of sp³-hybridized carbons (Fsp3) is 0.417. The Morgan fingerprint density at radius 3 is 2.45 bits per heavy atom. The van der Waals surface area contributed by atoms with Crippen molar-refractivity contribution in [2.24, 2.45) is 0 Å². The molecule has 2 rings (SSSR count). The van der Waals surface area contributed by atoms with Crippen molar-refractivity contribution in [3.05, 3.63) is 33.9 Å². The highest BCUT2D eigenvalue weighted by molar-refractivity contribution is 7.76. The molecule has 1 unspecified atom stereocenters. The average Bonchev–Trinajstić information content (AvgIpc) is 2.53. The number of carbonyl (C=O) groups is 1. The van der Waals surface area contributed by atoms with Crippen LogP contribution in [0.5, 0.6) is 0 Å². The Balaban J connectivity index is 2.26. The van der Waals surface area contributed by atoms with E-state index in [9.17, 15) is 19.1 Å². The normalized spacial score (nSPS) is 17.3. The maximum Gasteiger partial charge on any atom is 0.293 e. The number of piperazine rings is 1. The summed E-state index contributed by atoms with van der Waals surface area (Å²) in [6.45, 7) is 0.619. The zero-order valence-corrected chi connectivity index (χ0v) is 12.4. The molecule has 1 aliphatic rings. The van der Waals surface area contributed by atoms with Crippen molar-refractivity contribution in [3.8, 4) is 0 Å². The molecule has 120 valence electrons. The molecule has 0 saturated carbocycles. The summed E-state index contributed by atoms with van der Waals surface area (Å²) in [4.78, 5) is 23.8. The first-order valence-corrected chi connectivity index (χ1v) is 7.53. The Bertz CT molecular complexity index is 615. The first kappa shape index (κ1) is 16.5. The van der Waals surface area contributed by atoms with Crippen LogP contribution in [0.1, 0.15) is 10.4 Å². The molecule has 1 fully saturated rings. The molecule has 1 heterocycles. The molecule has 1 saturated heterocycles. The highest BCUT2D eigenvalue weighted by atomic mass is 32.2. The van der Waals surface area contributed by atoms with Gasteiger partial charge < -0.3 is 10.0 Å². The Kier molecular flexibility index (Phi) is 5.19. The number of hydrogen-bond donors (Lipinski definition) is 2. The zero-order chi connectivity index (χ0) is 16.3. The van der Waals surface area contributed by atoms with Crippen molar-refractivity contribution < 1.29 is 23.6 Å². The van der Waals surface area contributed by atoms with Crippen LogP contribution < -0.4 is 4.90 Å². The van der Waals surface area contributed by atoms with E-state index >= 15 is 0 Å². The molecule has 2 N–H and O–H groups in total. The minimum atomic E-state index is -2.05. The second-order valence-corrected chi connectivity index (χ2v) is 5.67. The van der Waals surface area contributed by atoms with E-state index in [0.29, 0.717) is 31.9 Å². The standard InChI is InChI=1S/C12H15N3O6S/c16-8-12(17)9-1-2-10(11(7-9)15(18)19)13-3-5-14(6-4-13)22(20)21/h1-2,7,16H,3-6,8H2,(H,20,21). The van der Waals surface area contributed by atoms with Gasteiger partial charge in [0.05, 0.1) is 4.92 Å². The number of carbonyl (C=O) groups excluding carboxylic acids is 1. The van der Waals surface area contributed by atoms with Crippen LogP contribution in [-0.4, -0.2) is 61.7 Å². The Morgan fingerprint density at radius 2 is 1.95 bits per heavy atom. The van der Waals surface area contributed by atoms with Gasteiger partial charge in [-0.2, -0.15) is 4.31 Å². The second kappa shape index (κ2) is 6.92. The maximum atomic E-state index is 11.4. The largest absolute Gasteiger partial charge is 0.388 e. The van der Waals surface area contributed by atoms with E-state index in [1.807, 2.05) is 0 Å². The number of Topliss-reactive ketones (excluding diaryl/α,β-unsaturated/α-hetero) is 1. The van der Waals surface area contributed by atoms with E-state index in [-0.39, 0.29) is 11.3 Å². The molecule has 0 bridgehead atoms. The van der Waals surface area contributed by atoms with Crippen molar-refractivity contribution >= 4 is 28.4 Å². The van der Waals surface area contributed by atoms with E-state index in [0.717, 1.165) is 6.07 Å². The molecule has 0 aromatic heterocycles. The minimum Gasteiger partial charge on any atom is -0.388 e. The van der Waals surface area contributed by atoms with Crippen molar-refractivity contribution in [1.82, 2.24) is 4.31 Å². The molecule has 0 radical (unpaired) electrons. The predicted molar refractivity (Wildman–Crippen MR) is 79.1 cm³/mol. The molecule has 0 spiro atoms. The molecular formula is C12H15N3O6S. The molecule has 0 amide bonds. The zero-order valence-electron chi connectivity index (χ0n) is 11.5. The number of nitro groups is 1. The number of aliphatic hydroxyl groups is 1. The Hall–Kier alpha value is -1.88. The van der Waals surface area contributed by atoms with Crippen LogP contribution in [0.4, 0.5) is 11.4 Å². The summed E-state index contributed by atoms with van der Waals surface area (Å²) < 4.78 is 21.3. The van der Waals surface area contributed by atoms with E-state index in [1.54, 1.807) is 4.90 Å². The topological polar surface area (TPSA) is 124 Å². The molecule has 1 atom stereocenters. The van der Waals surface area contributed by atoms with Gasteiger partial charge in [-0.1, -0.05) is 0 Å². The maximum absolute atomic E-state index is 11.4. The highest BCUT2D eigenvalue weighted by Gasteiger charge is 2.26. The van der Waals surface area contributed by atoms with Gasteiger partial charge in [-0.25, -0.2) is 4.21 Å². The predicted octanol–water partition coefficient (Wildman–Crippen LogP) is 0.0285. The van der Waals surface area contributed by atoms with Gasteiger partial charge in [0.15, 0.2) is 5.78 Å². The first-order valence-electron chi connectivity index (χ1n) is 6.47. The van der Waals surface area contributed by atoms with E-state index in [2.05, 4.69) is 0 Å². The van der Waals surface area contributed by atoms with Crippen LogP contribution in [0.3, 0.4) is 0 Å². The first-order chi connectivity index (χ1) is 10.4. The van der Waals surface area contributed by atoms with Crippen LogP contribution in [0.15, 0.2) is 18.2 Å². The molecule has 1 aromatic rings. The fourth-order valence-corrected chi connectivity index (χ4v) is 2.76. The summed E-state index contributed by atoms with van der Waals surface area (Å²) in [7, 11) is 0. The van der Waals surface area contributed by atoms with Crippen LogP contribution in [0.25, 0.3) is 0 Å². The Morgan fingerprint density at radius 1 is 1.32 bits per heavy atom. The molecule has 22 heavy (non-hydrogen) atoms. The SMILES string of the molecule is O=C(CO)c1ccc(N2CCN(S(=O)O)CC2)c([N+](=O)[O-])c1. The number of hydrogen-bond acceptors (Lipinski definition) is 6. The van der Waals surface area contributed by atoms with Gasteiger partial charge in [-0.3, -0.25) is 19.5 Å². The van der Waals surface area contributed by atoms with Crippen LogP contribution >= 0.6 is 0 Å². The Labute approximate surface area is 128 Å². The summed E-state index contributed by atoms with van der Waals surface area (Å²) >= 11 is -2.05. The number of anilines is 1. The van der Waals surface area contributed by atoms with Crippen LogP contribution in [0, 0.1) is 10.1 Å². The van der Waals surface area contributed by atoms with Gasteiger partial charge in [-0.05, 0) is 12.1 Å². The number of nitro benzene ring substituents is 1. The van der Waals surface area contributed by atoms with E-state index in [1.165, 1.54) is 16.4 Å². The molecule has 0 aliphatic carbocycles. The molecule has 1 aromatic carbocycles. The molecule has 10 heteroatoms. The van der Waals surface area contributed by atoms with Gasteiger partial charge >= 0.3 is 0 Å². The van der Waals surface area contributed by atoms with Crippen molar-refractivity contribution in [2.45, 2.75) is 0 Å². The molecule has 1 aliphatic heterocycles. The summed E-state index contributed by atoms with van der Waals surface area (Å²) in [5, 5.41) is 20.0. The lowest BCUT2D eigenvalue weighted by molar-refractivity contribution is -0.384. The third kappa shape index (κ3) is 3.47. The summed E-state index contributed by atoms with van der Waals surface area (Å²) in [5.41, 5.74) is 0.203. The average molecular weight is 329 g/mol. The monoisotopic (exact) mass is 329 g/mol. The number of benzene rings is 1. The number of ketones is 1.